The Hall–Kier alpha value is -3.55. The lowest BCUT2D eigenvalue weighted by Gasteiger charge is -2.39. The number of ether oxygens (including phenoxy) is 4. The third-order valence-electron chi connectivity index (χ3n) is 6.46. The van der Waals surface area contributed by atoms with Crippen molar-refractivity contribution in [2.24, 2.45) is 5.73 Å². The molecule has 0 aliphatic carbocycles. The second-order valence-corrected chi connectivity index (χ2v) is 10.2. The average Bonchev–Trinajstić information content (AvgIpc) is 3.27. The van der Waals surface area contributed by atoms with E-state index in [1.165, 1.54) is 0 Å². The second-order valence-electron chi connectivity index (χ2n) is 10.2. The number of hydrogen-bond acceptors (Lipinski definition) is 6. The first kappa shape index (κ1) is 26.5. The van der Waals surface area contributed by atoms with E-state index in [0.717, 1.165) is 28.2 Å². The number of carbonyl (C=O) groups excluding carboxylic acids is 1. The van der Waals surface area contributed by atoms with Gasteiger partial charge in [-0.05, 0) is 61.7 Å². The van der Waals surface area contributed by atoms with E-state index in [2.05, 4.69) is 0 Å². The largest absolute Gasteiger partial charge is 0.497 e. The van der Waals surface area contributed by atoms with Gasteiger partial charge in [-0.15, -0.1) is 0 Å². The zero-order valence-electron chi connectivity index (χ0n) is 22.1. The maximum atomic E-state index is 12.8. The lowest BCUT2D eigenvalue weighted by molar-refractivity contribution is -0.0483. The van der Waals surface area contributed by atoms with Gasteiger partial charge < -0.3 is 29.6 Å². The fourth-order valence-electron chi connectivity index (χ4n) is 4.65. The Morgan fingerprint density at radius 1 is 0.784 bits per heavy atom. The van der Waals surface area contributed by atoms with Crippen molar-refractivity contribution in [1.29, 1.82) is 0 Å². The summed E-state index contributed by atoms with van der Waals surface area (Å²) in [6.45, 7) is 6.21. The second kappa shape index (κ2) is 10.8. The first-order valence-electron chi connectivity index (χ1n) is 12.4. The van der Waals surface area contributed by atoms with Crippen molar-refractivity contribution in [3.05, 3.63) is 95.6 Å². The number of amides is 1. The summed E-state index contributed by atoms with van der Waals surface area (Å²) in [6, 6.07) is 25.3. The fraction of sp³-hybridized carbons (Fsp3) is 0.367. The van der Waals surface area contributed by atoms with Gasteiger partial charge in [-0.25, -0.2) is 4.79 Å². The molecule has 0 saturated carbocycles. The highest BCUT2D eigenvalue weighted by molar-refractivity contribution is 5.68. The molecule has 2 atom stereocenters. The Balaban J connectivity index is 1.81. The van der Waals surface area contributed by atoms with Crippen LogP contribution in [0.5, 0.6) is 11.5 Å². The van der Waals surface area contributed by atoms with Gasteiger partial charge in [-0.3, -0.25) is 0 Å². The summed E-state index contributed by atoms with van der Waals surface area (Å²) < 4.78 is 23.5. The fourth-order valence-corrected chi connectivity index (χ4v) is 4.65. The molecule has 2 N–H and O–H groups in total. The van der Waals surface area contributed by atoms with E-state index >= 15 is 0 Å². The van der Waals surface area contributed by atoms with Crippen LogP contribution in [0.4, 0.5) is 4.79 Å². The molecule has 1 aliphatic rings. The molecule has 37 heavy (non-hydrogen) atoms. The molecule has 2 unspecified atom stereocenters. The van der Waals surface area contributed by atoms with Gasteiger partial charge >= 0.3 is 6.09 Å². The van der Waals surface area contributed by atoms with E-state index in [9.17, 15) is 4.79 Å². The molecule has 0 bridgehead atoms. The van der Waals surface area contributed by atoms with Crippen LogP contribution in [0.3, 0.4) is 0 Å². The Morgan fingerprint density at radius 3 is 1.73 bits per heavy atom. The number of likely N-dealkylation sites (tertiary alicyclic amines) is 1. The highest BCUT2D eigenvalue weighted by Crippen LogP contribution is 2.43. The normalized spacial score (nSPS) is 17.9. The van der Waals surface area contributed by atoms with Crippen molar-refractivity contribution in [3.63, 3.8) is 0 Å². The lowest BCUT2D eigenvalue weighted by Crippen LogP contribution is -2.44. The van der Waals surface area contributed by atoms with Crippen molar-refractivity contribution in [2.45, 2.75) is 44.1 Å². The number of benzene rings is 3. The van der Waals surface area contributed by atoms with Crippen LogP contribution < -0.4 is 15.2 Å². The average molecular weight is 505 g/mol. The standard InChI is InChI=1S/C30H36N2O5/c1-29(2,3)37-28(33)32-19-26(31)27(20-32)36-30(21-9-7-6-8-10-21,22-11-15-24(34-4)16-12-22)23-13-17-25(35-5)18-14-23/h6-18,26-27H,19-20,31H2,1-5H3. The zero-order chi connectivity index (χ0) is 26.6. The van der Waals surface area contributed by atoms with Crippen LogP contribution in [0.25, 0.3) is 0 Å². The van der Waals surface area contributed by atoms with Gasteiger partial charge in [0.25, 0.3) is 0 Å². The molecule has 1 fully saturated rings. The number of methoxy groups -OCH3 is 2. The number of nitrogens with two attached hydrogens (primary N) is 1. The van der Waals surface area contributed by atoms with Crippen LogP contribution in [0.2, 0.25) is 0 Å². The molecule has 196 valence electrons. The predicted molar refractivity (Wildman–Crippen MR) is 143 cm³/mol. The summed E-state index contributed by atoms with van der Waals surface area (Å²) >= 11 is 0. The first-order chi connectivity index (χ1) is 17.7. The molecule has 1 aliphatic heterocycles. The molecule has 1 heterocycles. The molecule has 7 nitrogen and oxygen atoms in total. The maximum absolute atomic E-state index is 12.8. The van der Waals surface area contributed by atoms with Gasteiger partial charge in [0.1, 0.15) is 22.7 Å². The summed E-state index contributed by atoms with van der Waals surface area (Å²) in [4.78, 5) is 14.5. The molecular formula is C30H36N2O5. The molecule has 0 aromatic heterocycles. The molecule has 0 spiro atoms. The number of rotatable bonds is 7. The third-order valence-corrected chi connectivity index (χ3v) is 6.46. The Labute approximate surface area is 219 Å². The van der Waals surface area contributed by atoms with E-state index < -0.39 is 29.4 Å². The van der Waals surface area contributed by atoms with E-state index in [1.807, 2.05) is 99.6 Å². The molecule has 1 amide bonds. The Morgan fingerprint density at radius 2 is 1.27 bits per heavy atom. The topological polar surface area (TPSA) is 83.2 Å². The van der Waals surface area contributed by atoms with Gasteiger partial charge in [0, 0.05) is 6.54 Å². The quantitative estimate of drug-likeness (QED) is 0.458. The molecular weight excluding hydrogens is 468 g/mol. The van der Waals surface area contributed by atoms with Gasteiger partial charge in [0.15, 0.2) is 0 Å². The first-order valence-corrected chi connectivity index (χ1v) is 12.4. The minimum Gasteiger partial charge on any atom is -0.497 e. The van der Waals surface area contributed by atoms with Crippen molar-refractivity contribution >= 4 is 6.09 Å². The van der Waals surface area contributed by atoms with E-state index in [1.54, 1.807) is 19.1 Å². The summed E-state index contributed by atoms with van der Waals surface area (Å²) in [5.41, 5.74) is 7.74. The van der Waals surface area contributed by atoms with Crippen LogP contribution in [0.1, 0.15) is 37.5 Å². The number of hydrogen-bond donors (Lipinski definition) is 1. The van der Waals surface area contributed by atoms with E-state index in [-0.39, 0.29) is 0 Å². The van der Waals surface area contributed by atoms with Crippen molar-refractivity contribution < 1.29 is 23.7 Å². The predicted octanol–water partition coefficient (Wildman–Crippen LogP) is 4.96. The lowest BCUT2D eigenvalue weighted by atomic mass is 9.79. The summed E-state index contributed by atoms with van der Waals surface area (Å²) in [7, 11) is 3.28. The minimum atomic E-state index is -1.01. The van der Waals surface area contributed by atoms with Crippen LogP contribution in [0.15, 0.2) is 78.9 Å². The van der Waals surface area contributed by atoms with Crippen LogP contribution in [0, 0.1) is 0 Å². The van der Waals surface area contributed by atoms with Gasteiger partial charge in [0.05, 0.1) is 32.9 Å². The van der Waals surface area contributed by atoms with Crippen LogP contribution in [-0.2, 0) is 15.1 Å². The van der Waals surface area contributed by atoms with Gasteiger partial charge in [-0.1, -0.05) is 54.6 Å². The Bertz CT molecular complexity index is 1130. The molecule has 3 aromatic carbocycles. The van der Waals surface area contributed by atoms with Gasteiger partial charge in [-0.2, -0.15) is 0 Å². The number of carbonyl (C=O) groups is 1. The molecule has 3 aromatic rings. The highest BCUT2D eigenvalue weighted by Gasteiger charge is 2.45. The monoisotopic (exact) mass is 504 g/mol. The molecule has 0 radical (unpaired) electrons. The van der Waals surface area contributed by atoms with Gasteiger partial charge in [0.2, 0.25) is 0 Å². The molecule has 1 saturated heterocycles. The summed E-state index contributed by atoms with van der Waals surface area (Å²) in [6.07, 6.45) is -0.842. The zero-order valence-corrected chi connectivity index (χ0v) is 22.1. The summed E-state index contributed by atoms with van der Waals surface area (Å²) in [5, 5.41) is 0. The van der Waals surface area contributed by atoms with Crippen molar-refractivity contribution in [2.75, 3.05) is 27.3 Å². The van der Waals surface area contributed by atoms with E-state index in [4.69, 9.17) is 24.7 Å². The minimum absolute atomic E-state index is 0.316. The third kappa shape index (κ3) is 5.73. The Kier molecular flexibility index (Phi) is 7.76. The smallest absolute Gasteiger partial charge is 0.410 e. The van der Waals surface area contributed by atoms with Crippen LogP contribution in [-0.4, -0.2) is 56.0 Å². The van der Waals surface area contributed by atoms with E-state index in [0.29, 0.717) is 13.1 Å². The summed E-state index contributed by atoms with van der Waals surface area (Å²) in [5.74, 6) is 1.49. The highest BCUT2D eigenvalue weighted by atomic mass is 16.6. The molecule has 4 rings (SSSR count). The maximum Gasteiger partial charge on any atom is 0.410 e. The number of nitrogens with zero attached hydrogens (tertiary/aromatic N) is 1. The SMILES string of the molecule is COc1ccc(C(OC2CN(C(=O)OC(C)(C)C)CC2N)(c2ccccc2)c2ccc(OC)cc2)cc1. The molecule has 7 heteroatoms. The van der Waals surface area contributed by atoms with Crippen molar-refractivity contribution in [3.8, 4) is 11.5 Å². The van der Waals surface area contributed by atoms with Crippen LogP contribution >= 0.6 is 0 Å². The van der Waals surface area contributed by atoms with Crippen molar-refractivity contribution in [1.82, 2.24) is 4.90 Å².